The second-order valence-corrected chi connectivity index (χ2v) is 10.0. The molecule has 3 heterocycles. The van der Waals surface area contributed by atoms with Gasteiger partial charge in [0.15, 0.2) is 0 Å². The molecule has 0 bridgehead atoms. The number of nitrogens with zero attached hydrogens (tertiary/aromatic N) is 2. The summed E-state index contributed by atoms with van der Waals surface area (Å²) in [4.78, 5) is 34.6. The van der Waals surface area contributed by atoms with Crippen LogP contribution in [0.2, 0.25) is 0 Å². The van der Waals surface area contributed by atoms with Crippen molar-refractivity contribution in [3.05, 3.63) is 102 Å². The number of imidazole rings is 1. The van der Waals surface area contributed by atoms with Gasteiger partial charge in [-0.1, -0.05) is 54.6 Å². The van der Waals surface area contributed by atoms with Crippen LogP contribution in [0.25, 0.3) is 22.5 Å². The van der Waals surface area contributed by atoms with Crippen LogP contribution in [0.1, 0.15) is 42.4 Å². The summed E-state index contributed by atoms with van der Waals surface area (Å²) in [7, 11) is 0. The Morgan fingerprint density at radius 1 is 0.949 bits per heavy atom. The molecule has 1 fully saturated rings. The number of likely N-dealkylation sites (tertiary alicyclic amines) is 1. The maximum Gasteiger partial charge on any atom is 0.258 e. The van der Waals surface area contributed by atoms with E-state index in [-0.39, 0.29) is 11.8 Å². The Hall–Kier alpha value is -4.65. The molecule has 0 unspecified atom stereocenters. The van der Waals surface area contributed by atoms with Crippen molar-refractivity contribution in [3.8, 4) is 11.3 Å². The second-order valence-electron chi connectivity index (χ2n) is 10.0. The Morgan fingerprint density at radius 2 is 1.77 bits per heavy atom. The summed E-state index contributed by atoms with van der Waals surface area (Å²) < 4.78 is 0. The van der Waals surface area contributed by atoms with E-state index in [0.29, 0.717) is 12.0 Å². The summed E-state index contributed by atoms with van der Waals surface area (Å²) in [6.07, 6.45) is 8.17. The lowest BCUT2D eigenvalue weighted by Gasteiger charge is -2.26. The quantitative estimate of drug-likeness (QED) is 0.252. The van der Waals surface area contributed by atoms with E-state index in [2.05, 4.69) is 44.9 Å². The van der Waals surface area contributed by atoms with Crippen molar-refractivity contribution >= 4 is 34.5 Å². The zero-order valence-corrected chi connectivity index (χ0v) is 21.7. The van der Waals surface area contributed by atoms with Gasteiger partial charge in [-0.2, -0.15) is 0 Å². The number of benzene rings is 3. The van der Waals surface area contributed by atoms with Crippen LogP contribution < -0.4 is 10.6 Å². The highest BCUT2D eigenvalue weighted by Crippen LogP contribution is 2.37. The number of nitrogens with one attached hydrogen (secondary N) is 3. The molecule has 0 atom stereocenters. The topological polar surface area (TPSA) is 90.1 Å². The lowest BCUT2D eigenvalue weighted by Crippen LogP contribution is -2.36. The van der Waals surface area contributed by atoms with Gasteiger partial charge < -0.3 is 20.5 Å². The summed E-state index contributed by atoms with van der Waals surface area (Å²) in [6.45, 7) is 1.69. The number of anilines is 2. The number of amides is 2. The van der Waals surface area contributed by atoms with Crippen LogP contribution in [0.3, 0.4) is 0 Å². The van der Waals surface area contributed by atoms with Gasteiger partial charge in [0, 0.05) is 48.2 Å². The molecule has 0 radical (unpaired) electrons. The summed E-state index contributed by atoms with van der Waals surface area (Å²) in [5, 5.41) is 6.54. The third-order valence-electron chi connectivity index (χ3n) is 7.43. The van der Waals surface area contributed by atoms with Crippen LogP contribution in [-0.2, 0) is 16.0 Å². The Kier molecular flexibility index (Phi) is 6.95. The lowest BCUT2D eigenvalue weighted by molar-refractivity contribution is -0.133. The highest BCUT2D eigenvalue weighted by molar-refractivity contribution is 6.37. The van der Waals surface area contributed by atoms with E-state index in [0.717, 1.165) is 78.2 Å². The largest absolute Gasteiger partial charge is 0.354 e. The fourth-order valence-corrected chi connectivity index (χ4v) is 5.34. The summed E-state index contributed by atoms with van der Waals surface area (Å²) >= 11 is 0. The molecule has 2 aliphatic rings. The van der Waals surface area contributed by atoms with E-state index in [4.69, 9.17) is 0 Å². The molecule has 0 saturated carbocycles. The number of hydrogen-bond acceptors (Lipinski definition) is 4. The van der Waals surface area contributed by atoms with Gasteiger partial charge in [0.05, 0.1) is 23.3 Å². The number of H-pyrrole nitrogens is 1. The van der Waals surface area contributed by atoms with Crippen molar-refractivity contribution in [3.63, 3.8) is 0 Å². The number of piperidine rings is 1. The monoisotopic (exact) mass is 517 g/mol. The molecular weight excluding hydrogens is 486 g/mol. The van der Waals surface area contributed by atoms with E-state index < -0.39 is 0 Å². The predicted octanol–water partition coefficient (Wildman–Crippen LogP) is 5.95. The normalized spacial score (nSPS) is 16.2. The third-order valence-corrected chi connectivity index (χ3v) is 7.43. The van der Waals surface area contributed by atoms with Crippen LogP contribution in [0.4, 0.5) is 11.4 Å². The molecule has 7 heteroatoms. The van der Waals surface area contributed by atoms with Gasteiger partial charge in [-0.05, 0) is 55.0 Å². The van der Waals surface area contributed by atoms with Crippen molar-refractivity contribution < 1.29 is 9.59 Å². The molecule has 3 N–H and O–H groups in total. The van der Waals surface area contributed by atoms with Crippen LogP contribution in [0, 0.1) is 0 Å². The average Bonchev–Trinajstić information content (AvgIpc) is 3.62. The number of aromatic nitrogens is 2. The number of carbonyl (C=O) groups excluding carboxylic acids is 2. The molecule has 4 aromatic rings. The molecule has 0 spiro atoms. The number of aryl methyl sites for hydroxylation is 1. The number of rotatable bonds is 8. The first-order valence-electron chi connectivity index (χ1n) is 13.5. The van der Waals surface area contributed by atoms with Gasteiger partial charge in [0.2, 0.25) is 5.91 Å². The standard InChI is InChI=1S/C32H31N5O2/c38-29-9-3-4-18-37(29)19-5-6-22-10-12-24(13-11-22)31(30-26-7-1-2-8-27(26)36-32(30)39)35-25-16-14-23(15-17-25)28-20-33-21-34-28/h1-2,7-8,10-17,20-21,35H,3-6,9,18-19H2,(H,33,34)(H,36,39)/b31-30-. The van der Waals surface area contributed by atoms with Crippen molar-refractivity contribution in [1.82, 2.24) is 14.9 Å². The number of aromatic amines is 1. The van der Waals surface area contributed by atoms with Crippen LogP contribution in [0.5, 0.6) is 0 Å². The SMILES string of the molecule is O=C1Nc2ccccc2/C1=C(/Nc1ccc(-c2c[nH]cn2)cc1)c1ccc(CCCN2CCCCC2=O)cc1. The Labute approximate surface area is 228 Å². The zero-order chi connectivity index (χ0) is 26.6. The van der Waals surface area contributed by atoms with E-state index in [1.54, 1.807) is 6.33 Å². The lowest BCUT2D eigenvalue weighted by atomic mass is 9.98. The van der Waals surface area contributed by atoms with Crippen molar-refractivity contribution in [2.75, 3.05) is 23.7 Å². The minimum Gasteiger partial charge on any atom is -0.354 e. The number of carbonyl (C=O) groups is 2. The molecule has 39 heavy (non-hydrogen) atoms. The summed E-state index contributed by atoms with van der Waals surface area (Å²) in [5.41, 5.74) is 8.00. The molecule has 3 aromatic carbocycles. The van der Waals surface area contributed by atoms with E-state index in [9.17, 15) is 9.59 Å². The minimum absolute atomic E-state index is 0.123. The second kappa shape index (κ2) is 11.0. The Balaban J connectivity index is 1.26. The minimum atomic E-state index is -0.123. The average molecular weight is 518 g/mol. The first kappa shape index (κ1) is 24.7. The zero-order valence-electron chi connectivity index (χ0n) is 21.7. The molecule has 1 saturated heterocycles. The maximum atomic E-state index is 13.2. The number of hydrogen-bond donors (Lipinski definition) is 3. The van der Waals surface area contributed by atoms with E-state index in [1.807, 2.05) is 59.6 Å². The number of fused-ring (bicyclic) bond motifs is 1. The van der Waals surface area contributed by atoms with Gasteiger partial charge in [-0.25, -0.2) is 4.98 Å². The Morgan fingerprint density at radius 3 is 2.54 bits per heavy atom. The van der Waals surface area contributed by atoms with Crippen molar-refractivity contribution in [2.45, 2.75) is 32.1 Å². The highest BCUT2D eigenvalue weighted by atomic mass is 16.2. The third kappa shape index (κ3) is 5.34. The van der Waals surface area contributed by atoms with Gasteiger partial charge in [-0.3, -0.25) is 9.59 Å². The van der Waals surface area contributed by atoms with Gasteiger partial charge in [-0.15, -0.1) is 0 Å². The molecule has 2 aliphatic heterocycles. The van der Waals surface area contributed by atoms with Crippen molar-refractivity contribution in [2.24, 2.45) is 0 Å². The summed E-state index contributed by atoms with van der Waals surface area (Å²) in [5.74, 6) is 0.161. The fourth-order valence-electron chi connectivity index (χ4n) is 5.34. The first-order chi connectivity index (χ1) is 19.2. The summed E-state index contributed by atoms with van der Waals surface area (Å²) in [6, 6.07) is 24.2. The first-order valence-corrected chi connectivity index (χ1v) is 13.5. The molecular formula is C32H31N5O2. The number of para-hydroxylation sites is 1. The maximum absolute atomic E-state index is 13.2. The highest BCUT2D eigenvalue weighted by Gasteiger charge is 2.28. The van der Waals surface area contributed by atoms with E-state index in [1.165, 1.54) is 5.56 Å². The molecule has 7 nitrogen and oxygen atoms in total. The van der Waals surface area contributed by atoms with Gasteiger partial charge >= 0.3 is 0 Å². The van der Waals surface area contributed by atoms with Crippen molar-refractivity contribution in [1.29, 1.82) is 0 Å². The van der Waals surface area contributed by atoms with Crippen LogP contribution in [0.15, 0.2) is 85.3 Å². The fraction of sp³-hybridized carbons (Fsp3) is 0.219. The predicted molar refractivity (Wildman–Crippen MR) is 155 cm³/mol. The van der Waals surface area contributed by atoms with Crippen LogP contribution >= 0.6 is 0 Å². The van der Waals surface area contributed by atoms with Gasteiger partial charge in [0.25, 0.3) is 5.91 Å². The molecule has 1 aromatic heterocycles. The van der Waals surface area contributed by atoms with E-state index >= 15 is 0 Å². The molecule has 2 amide bonds. The Bertz CT molecular complexity index is 1510. The van der Waals surface area contributed by atoms with Crippen LogP contribution in [-0.4, -0.2) is 39.8 Å². The smallest absolute Gasteiger partial charge is 0.258 e. The molecule has 0 aliphatic carbocycles. The van der Waals surface area contributed by atoms with Gasteiger partial charge in [0.1, 0.15) is 0 Å². The molecule has 196 valence electrons. The molecule has 6 rings (SSSR count).